The Morgan fingerprint density at radius 2 is 1.90 bits per heavy atom. The minimum Gasteiger partial charge on any atom is -0.494 e. The highest BCUT2D eigenvalue weighted by atomic mass is 32.2. The van der Waals surface area contributed by atoms with Crippen molar-refractivity contribution in [2.75, 3.05) is 6.61 Å². The summed E-state index contributed by atoms with van der Waals surface area (Å²) < 4.78 is 6.02. The maximum absolute atomic E-state index is 12.8. The molecule has 0 saturated carbocycles. The van der Waals surface area contributed by atoms with Crippen molar-refractivity contribution in [3.05, 3.63) is 70.1 Å². The van der Waals surface area contributed by atoms with E-state index in [0.717, 1.165) is 40.1 Å². The van der Waals surface area contributed by atoms with Crippen LogP contribution >= 0.6 is 24.0 Å². The molecule has 2 aromatic rings. The second-order valence-corrected chi connectivity index (χ2v) is 9.05. The quantitative estimate of drug-likeness (QED) is 0.487. The van der Waals surface area contributed by atoms with Gasteiger partial charge >= 0.3 is 0 Å². The maximum atomic E-state index is 12.8. The number of hydrogen-bond acceptors (Lipinski definition) is 5. The molecule has 1 N–H and O–H groups in total. The molecule has 0 radical (unpaired) electrons. The van der Waals surface area contributed by atoms with Gasteiger partial charge in [-0.3, -0.25) is 15.0 Å². The molecule has 3 rings (SSSR count). The third-order valence-electron chi connectivity index (χ3n) is 4.54. The molecule has 2 aromatic carbocycles. The number of amides is 2. The molecule has 7 heteroatoms. The van der Waals surface area contributed by atoms with E-state index in [2.05, 4.69) is 19.3 Å². The van der Waals surface area contributed by atoms with E-state index in [1.807, 2.05) is 43.3 Å². The van der Waals surface area contributed by atoms with Crippen molar-refractivity contribution >= 4 is 46.2 Å². The molecular formula is C23H24N2O3S2. The van der Waals surface area contributed by atoms with Crippen molar-refractivity contribution in [3.8, 4) is 5.75 Å². The molecule has 0 atom stereocenters. The van der Waals surface area contributed by atoms with Gasteiger partial charge < -0.3 is 4.74 Å². The van der Waals surface area contributed by atoms with E-state index in [1.54, 1.807) is 18.2 Å². The molecular weight excluding hydrogens is 416 g/mol. The summed E-state index contributed by atoms with van der Waals surface area (Å²) in [7, 11) is 0. The molecule has 1 aliphatic heterocycles. The number of rotatable bonds is 7. The van der Waals surface area contributed by atoms with E-state index in [0.29, 0.717) is 27.3 Å². The van der Waals surface area contributed by atoms with Gasteiger partial charge in [-0.15, -0.1) is 0 Å². The zero-order chi connectivity index (χ0) is 21.7. The molecule has 0 aliphatic carbocycles. The average molecular weight is 441 g/mol. The predicted molar refractivity (Wildman–Crippen MR) is 125 cm³/mol. The van der Waals surface area contributed by atoms with Crippen molar-refractivity contribution in [2.24, 2.45) is 5.92 Å². The van der Waals surface area contributed by atoms with Crippen LogP contribution in [0.1, 0.15) is 41.8 Å². The topological polar surface area (TPSA) is 58.6 Å². The van der Waals surface area contributed by atoms with Crippen LogP contribution in [0.15, 0.2) is 53.4 Å². The lowest BCUT2D eigenvalue weighted by Crippen LogP contribution is -2.45. The minimum atomic E-state index is -0.367. The first-order valence-electron chi connectivity index (χ1n) is 9.72. The number of thiocarbonyl (C=S) groups is 1. The van der Waals surface area contributed by atoms with E-state index in [9.17, 15) is 9.59 Å². The minimum absolute atomic E-state index is 0.293. The Hall–Kier alpha value is -2.64. The summed E-state index contributed by atoms with van der Waals surface area (Å²) >= 11 is 6.46. The van der Waals surface area contributed by atoms with Crippen LogP contribution in [-0.2, 0) is 4.79 Å². The van der Waals surface area contributed by atoms with Gasteiger partial charge in [0, 0.05) is 5.56 Å². The SMILES string of the molecule is Cc1ccccc1C(=O)NN1C(=O)/C(=C\c2ccc(OCCC(C)C)cc2)SC1=S. The Bertz CT molecular complexity index is 984. The smallest absolute Gasteiger partial charge is 0.285 e. The largest absolute Gasteiger partial charge is 0.494 e. The monoisotopic (exact) mass is 440 g/mol. The van der Waals surface area contributed by atoms with Crippen molar-refractivity contribution in [1.29, 1.82) is 0 Å². The zero-order valence-electron chi connectivity index (χ0n) is 17.2. The van der Waals surface area contributed by atoms with E-state index in [1.165, 1.54) is 0 Å². The number of nitrogens with one attached hydrogen (secondary N) is 1. The number of benzene rings is 2. The van der Waals surface area contributed by atoms with Crippen LogP contribution in [-0.4, -0.2) is 27.8 Å². The summed E-state index contributed by atoms with van der Waals surface area (Å²) in [5.41, 5.74) is 4.80. The Morgan fingerprint density at radius 1 is 1.20 bits per heavy atom. The number of nitrogens with zero attached hydrogens (tertiary/aromatic N) is 1. The first-order valence-corrected chi connectivity index (χ1v) is 10.9. The second kappa shape index (κ2) is 9.91. The number of ether oxygens (including phenoxy) is 1. The van der Waals surface area contributed by atoms with Gasteiger partial charge in [0.2, 0.25) is 0 Å². The Morgan fingerprint density at radius 3 is 2.57 bits per heavy atom. The summed E-state index contributed by atoms with van der Waals surface area (Å²) in [6.07, 6.45) is 2.76. The summed E-state index contributed by atoms with van der Waals surface area (Å²) in [5, 5.41) is 1.13. The van der Waals surface area contributed by atoms with Gasteiger partial charge in [0.05, 0.1) is 11.5 Å². The van der Waals surface area contributed by atoms with Crippen LogP contribution in [0, 0.1) is 12.8 Å². The molecule has 0 bridgehead atoms. The lowest BCUT2D eigenvalue weighted by atomic mass is 10.1. The number of carbonyl (C=O) groups is 2. The van der Waals surface area contributed by atoms with Gasteiger partial charge in [-0.1, -0.05) is 55.9 Å². The maximum Gasteiger partial charge on any atom is 0.285 e. The Kier molecular flexibility index (Phi) is 7.29. The van der Waals surface area contributed by atoms with E-state index < -0.39 is 0 Å². The summed E-state index contributed by atoms with van der Waals surface area (Å²) in [6, 6.07) is 14.7. The molecule has 0 spiro atoms. The fraction of sp³-hybridized carbons (Fsp3) is 0.261. The van der Waals surface area contributed by atoms with Gasteiger partial charge in [0.1, 0.15) is 5.75 Å². The number of carbonyl (C=O) groups excluding carboxylic acids is 2. The number of hydrogen-bond donors (Lipinski definition) is 1. The summed E-state index contributed by atoms with van der Waals surface area (Å²) in [4.78, 5) is 25.7. The van der Waals surface area contributed by atoms with Crippen LogP contribution in [0.4, 0.5) is 0 Å². The first kappa shape index (κ1) is 22.1. The van der Waals surface area contributed by atoms with Gasteiger partial charge in [-0.25, -0.2) is 0 Å². The van der Waals surface area contributed by atoms with Crippen LogP contribution < -0.4 is 10.2 Å². The van der Waals surface area contributed by atoms with Gasteiger partial charge in [0.25, 0.3) is 11.8 Å². The fourth-order valence-corrected chi connectivity index (χ4v) is 3.96. The molecule has 1 heterocycles. The first-order chi connectivity index (χ1) is 14.3. The molecule has 30 heavy (non-hydrogen) atoms. The fourth-order valence-electron chi connectivity index (χ4n) is 2.78. The highest BCUT2D eigenvalue weighted by Gasteiger charge is 2.33. The van der Waals surface area contributed by atoms with Crippen molar-refractivity contribution in [2.45, 2.75) is 27.2 Å². The second-order valence-electron chi connectivity index (χ2n) is 7.37. The molecule has 2 amide bonds. The van der Waals surface area contributed by atoms with Crippen molar-refractivity contribution < 1.29 is 14.3 Å². The summed E-state index contributed by atoms with van der Waals surface area (Å²) in [6.45, 7) is 6.84. The van der Waals surface area contributed by atoms with Crippen molar-refractivity contribution in [1.82, 2.24) is 10.4 Å². The van der Waals surface area contributed by atoms with Gasteiger partial charge in [-0.05, 0) is 66.9 Å². The third kappa shape index (κ3) is 5.49. The average Bonchev–Trinajstić information content (AvgIpc) is 2.96. The standard InChI is InChI=1S/C23H24N2O3S2/c1-15(2)12-13-28-18-10-8-17(9-11-18)14-20-22(27)25(23(29)30-20)24-21(26)19-7-5-4-6-16(19)3/h4-11,14-15H,12-13H2,1-3H3,(H,24,26)/b20-14+. The van der Waals surface area contributed by atoms with Crippen molar-refractivity contribution in [3.63, 3.8) is 0 Å². The normalized spacial score (nSPS) is 15.2. The Balaban J connectivity index is 1.66. The lowest BCUT2D eigenvalue weighted by Gasteiger charge is -2.16. The van der Waals surface area contributed by atoms with Gasteiger partial charge in [0.15, 0.2) is 4.32 Å². The van der Waals surface area contributed by atoms with Crippen LogP contribution in [0.3, 0.4) is 0 Å². The highest BCUT2D eigenvalue weighted by molar-refractivity contribution is 8.26. The summed E-state index contributed by atoms with van der Waals surface area (Å²) in [5.74, 6) is 0.682. The molecule has 0 unspecified atom stereocenters. The van der Waals surface area contributed by atoms with Crippen LogP contribution in [0.25, 0.3) is 6.08 Å². The predicted octanol–water partition coefficient (Wildman–Crippen LogP) is 4.97. The van der Waals surface area contributed by atoms with E-state index in [-0.39, 0.29) is 11.8 Å². The van der Waals surface area contributed by atoms with E-state index >= 15 is 0 Å². The van der Waals surface area contributed by atoms with Crippen LogP contribution in [0.5, 0.6) is 5.75 Å². The Labute approximate surface area is 186 Å². The van der Waals surface area contributed by atoms with E-state index in [4.69, 9.17) is 17.0 Å². The van der Waals surface area contributed by atoms with Crippen LogP contribution in [0.2, 0.25) is 0 Å². The lowest BCUT2D eigenvalue weighted by molar-refractivity contribution is -0.123. The highest BCUT2D eigenvalue weighted by Crippen LogP contribution is 2.31. The molecule has 5 nitrogen and oxygen atoms in total. The molecule has 1 fully saturated rings. The third-order valence-corrected chi connectivity index (χ3v) is 5.84. The molecule has 0 aromatic heterocycles. The van der Waals surface area contributed by atoms with Gasteiger partial charge in [-0.2, -0.15) is 5.01 Å². The number of aryl methyl sites for hydroxylation is 1. The number of thioether (sulfide) groups is 1. The number of hydrazine groups is 1. The molecule has 1 aliphatic rings. The molecule has 156 valence electrons. The zero-order valence-corrected chi connectivity index (χ0v) is 18.8. The molecule has 1 saturated heterocycles.